The third-order valence-corrected chi connectivity index (χ3v) is 5.44. The monoisotopic (exact) mass is 292 g/mol. The fraction of sp³-hybridized carbons (Fsp3) is 0.818. The van der Waals surface area contributed by atoms with Gasteiger partial charge in [0.05, 0.1) is 10.5 Å². The van der Waals surface area contributed by atoms with Gasteiger partial charge in [-0.1, -0.05) is 31.5 Å². The maximum atomic E-state index is 12.0. The summed E-state index contributed by atoms with van der Waals surface area (Å²) in [5, 5.41) is 1.68. The van der Waals surface area contributed by atoms with Crippen LogP contribution in [0.4, 0.5) is 0 Å². The molecule has 0 aromatic heterocycles. The van der Waals surface area contributed by atoms with Crippen molar-refractivity contribution in [2.75, 3.05) is 6.26 Å². The molecular weight excluding hydrogens is 272 g/mol. The van der Waals surface area contributed by atoms with Gasteiger partial charge in [-0.3, -0.25) is 4.79 Å². The lowest BCUT2D eigenvalue weighted by Crippen LogP contribution is -2.59. The molecule has 1 aliphatic carbocycles. The van der Waals surface area contributed by atoms with Gasteiger partial charge in [0.1, 0.15) is 5.25 Å². The van der Waals surface area contributed by atoms with Crippen molar-refractivity contribution in [2.24, 2.45) is 5.73 Å². The zero-order chi connectivity index (χ0) is 14.0. The number of rotatable bonds is 4. The van der Waals surface area contributed by atoms with Gasteiger partial charge in [-0.2, -0.15) is 0 Å². The number of carbonyl (C=O) groups excluding carboxylic acids is 1. The molecule has 0 heterocycles. The van der Waals surface area contributed by atoms with E-state index >= 15 is 0 Å². The van der Waals surface area contributed by atoms with Gasteiger partial charge < -0.3 is 11.1 Å². The van der Waals surface area contributed by atoms with Crippen LogP contribution in [0, 0.1) is 0 Å². The van der Waals surface area contributed by atoms with E-state index < -0.39 is 26.5 Å². The van der Waals surface area contributed by atoms with E-state index in [9.17, 15) is 13.2 Å². The maximum Gasteiger partial charge on any atom is 0.238 e. The highest BCUT2D eigenvalue weighted by atomic mass is 32.2. The largest absolute Gasteiger partial charge is 0.391 e. The predicted molar refractivity (Wildman–Crippen MR) is 75.0 cm³/mol. The molecule has 0 radical (unpaired) electrons. The van der Waals surface area contributed by atoms with E-state index in [0.29, 0.717) is 12.8 Å². The lowest BCUT2D eigenvalue weighted by molar-refractivity contribution is -0.121. The van der Waals surface area contributed by atoms with E-state index in [4.69, 9.17) is 18.0 Å². The summed E-state index contributed by atoms with van der Waals surface area (Å²) < 4.78 is 22.7. The second kappa shape index (κ2) is 5.52. The van der Waals surface area contributed by atoms with E-state index in [2.05, 4.69) is 5.32 Å². The molecule has 7 heteroatoms. The Morgan fingerprint density at radius 2 is 1.83 bits per heavy atom. The third kappa shape index (κ3) is 3.41. The number of nitrogens with one attached hydrogen (secondary N) is 1. The number of carbonyl (C=O) groups is 1. The highest BCUT2D eigenvalue weighted by molar-refractivity contribution is 7.92. The molecule has 104 valence electrons. The minimum atomic E-state index is -3.40. The lowest BCUT2D eigenvalue weighted by Gasteiger charge is -2.37. The number of sulfone groups is 1. The molecule has 0 saturated heterocycles. The van der Waals surface area contributed by atoms with Crippen LogP contribution in [0.2, 0.25) is 0 Å². The summed E-state index contributed by atoms with van der Waals surface area (Å²) in [5.41, 5.74) is 5.02. The van der Waals surface area contributed by atoms with Crippen molar-refractivity contribution >= 4 is 33.0 Å². The van der Waals surface area contributed by atoms with Gasteiger partial charge >= 0.3 is 0 Å². The molecule has 1 unspecified atom stereocenters. The summed E-state index contributed by atoms with van der Waals surface area (Å²) in [7, 11) is -3.40. The summed E-state index contributed by atoms with van der Waals surface area (Å²) in [5.74, 6) is -0.521. The van der Waals surface area contributed by atoms with Crippen molar-refractivity contribution in [1.29, 1.82) is 0 Å². The maximum absolute atomic E-state index is 12.0. The Kier molecular flexibility index (Phi) is 4.72. The zero-order valence-electron chi connectivity index (χ0n) is 10.7. The van der Waals surface area contributed by atoms with E-state index in [0.717, 1.165) is 25.5 Å². The summed E-state index contributed by atoms with van der Waals surface area (Å²) >= 11 is 5.04. The minimum Gasteiger partial charge on any atom is -0.391 e. The summed E-state index contributed by atoms with van der Waals surface area (Å²) in [6.45, 7) is 1.38. The van der Waals surface area contributed by atoms with Gasteiger partial charge in [0.15, 0.2) is 9.84 Å². The second-order valence-electron chi connectivity index (χ2n) is 4.97. The molecular formula is C11H20N2O3S2. The topological polar surface area (TPSA) is 89.3 Å². The Morgan fingerprint density at radius 3 is 2.22 bits per heavy atom. The fourth-order valence-corrected chi connectivity index (χ4v) is 2.82. The fourth-order valence-electron chi connectivity index (χ4n) is 2.12. The summed E-state index contributed by atoms with van der Waals surface area (Å²) in [6, 6.07) is 0. The number of hydrogen-bond acceptors (Lipinski definition) is 4. The van der Waals surface area contributed by atoms with Crippen molar-refractivity contribution in [3.05, 3.63) is 0 Å². The van der Waals surface area contributed by atoms with Gasteiger partial charge in [-0.25, -0.2) is 8.42 Å². The highest BCUT2D eigenvalue weighted by Gasteiger charge is 2.38. The van der Waals surface area contributed by atoms with Crippen molar-refractivity contribution in [2.45, 2.75) is 49.8 Å². The first-order valence-corrected chi connectivity index (χ1v) is 8.36. The Balaban J connectivity index is 2.85. The van der Waals surface area contributed by atoms with Crippen LogP contribution in [0.1, 0.15) is 39.0 Å². The molecule has 0 aromatic rings. The molecule has 18 heavy (non-hydrogen) atoms. The van der Waals surface area contributed by atoms with Crippen LogP contribution in [0.15, 0.2) is 0 Å². The first-order chi connectivity index (χ1) is 8.19. The second-order valence-corrected chi connectivity index (χ2v) is 7.77. The van der Waals surface area contributed by atoms with Crippen LogP contribution in [-0.2, 0) is 14.6 Å². The van der Waals surface area contributed by atoms with Gasteiger partial charge in [0.25, 0.3) is 0 Å². The molecule has 1 saturated carbocycles. The number of thiocarbonyl (C=S) groups is 1. The third-order valence-electron chi connectivity index (χ3n) is 3.55. The first kappa shape index (κ1) is 15.4. The van der Waals surface area contributed by atoms with Crippen molar-refractivity contribution in [3.8, 4) is 0 Å². The Labute approximate surface area is 113 Å². The summed E-state index contributed by atoms with van der Waals surface area (Å²) in [4.78, 5) is 12.2. The average molecular weight is 292 g/mol. The SMILES string of the molecule is CC(C(=O)NC1(C(N)=S)CCCCC1)S(C)(=O)=O. The predicted octanol–water partition coefficient (Wildman–Crippen LogP) is 0.525. The molecule has 1 atom stereocenters. The molecule has 0 bridgehead atoms. The molecule has 0 aliphatic heterocycles. The van der Waals surface area contributed by atoms with Crippen LogP contribution in [0.5, 0.6) is 0 Å². The van der Waals surface area contributed by atoms with Gasteiger partial charge in [0.2, 0.25) is 5.91 Å². The average Bonchev–Trinajstić information content (AvgIpc) is 2.27. The van der Waals surface area contributed by atoms with Crippen LogP contribution in [0.25, 0.3) is 0 Å². The van der Waals surface area contributed by atoms with E-state index in [1.165, 1.54) is 6.92 Å². The van der Waals surface area contributed by atoms with E-state index in [1.807, 2.05) is 0 Å². The van der Waals surface area contributed by atoms with Crippen molar-refractivity contribution in [1.82, 2.24) is 5.32 Å². The number of nitrogens with two attached hydrogens (primary N) is 1. The standard InChI is InChI=1S/C11H20N2O3S2/c1-8(18(2,15)16)9(14)13-11(10(12)17)6-4-3-5-7-11/h8H,3-7H2,1-2H3,(H2,12,17)(H,13,14). The molecule has 0 spiro atoms. The number of amides is 1. The Morgan fingerprint density at radius 1 is 1.33 bits per heavy atom. The van der Waals surface area contributed by atoms with Crippen LogP contribution in [0.3, 0.4) is 0 Å². The van der Waals surface area contributed by atoms with Crippen LogP contribution >= 0.6 is 12.2 Å². The first-order valence-electron chi connectivity index (χ1n) is 6.00. The van der Waals surface area contributed by atoms with Gasteiger partial charge in [-0.05, 0) is 19.8 Å². The van der Waals surface area contributed by atoms with Crippen LogP contribution in [-0.4, -0.2) is 36.4 Å². The molecule has 3 N–H and O–H groups in total. The van der Waals surface area contributed by atoms with Gasteiger partial charge in [0, 0.05) is 6.26 Å². The van der Waals surface area contributed by atoms with Crippen LogP contribution < -0.4 is 11.1 Å². The van der Waals surface area contributed by atoms with Crippen molar-refractivity contribution < 1.29 is 13.2 Å². The lowest BCUT2D eigenvalue weighted by atomic mass is 9.81. The van der Waals surface area contributed by atoms with E-state index in [-0.39, 0.29) is 4.99 Å². The quantitative estimate of drug-likeness (QED) is 0.738. The Hall–Kier alpha value is -0.690. The smallest absolute Gasteiger partial charge is 0.238 e. The van der Waals surface area contributed by atoms with E-state index in [1.54, 1.807) is 0 Å². The normalized spacial score (nSPS) is 21.0. The molecule has 1 amide bonds. The zero-order valence-corrected chi connectivity index (χ0v) is 12.4. The minimum absolute atomic E-state index is 0.247. The Bertz CT molecular complexity index is 439. The molecule has 1 aliphatic rings. The molecule has 1 fully saturated rings. The van der Waals surface area contributed by atoms with Gasteiger partial charge in [-0.15, -0.1) is 0 Å². The summed E-state index contributed by atoms with van der Waals surface area (Å²) in [6.07, 6.45) is 5.37. The molecule has 0 aromatic carbocycles. The van der Waals surface area contributed by atoms with Crippen molar-refractivity contribution in [3.63, 3.8) is 0 Å². The molecule has 5 nitrogen and oxygen atoms in total. The highest BCUT2D eigenvalue weighted by Crippen LogP contribution is 2.28. The molecule has 1 rings (SSSR count). The number of hydrogen-bond donors (Lipinski definition) is 2.